The highest BCUT2D eigenvalue weighted by Crippen LogP contribution is 2.56. The van der Waals surface area contributed by atoms with Crippen LogP contribution < -0.4 is 10.2 Å². The fraction of sp³-hybridized carbons (Fsp3) is 0.455. The van der Waals surface area contributed by atoms with Crippen molar-refractivity contribution < 1.29 is 9.90 Å². The van der Waals surface area contributed by atoms with E-state index in [1.165, 1.54) is 0 Å². The third kappa shape index (κ3) is 3.31. The number of hydrogen-bond acceptors (Lipinski definition) is 6. The monoisotopic (exact) mass is 406 g/mol. The quantitative estimate of drug-likeness (QED) is 0.600. The Bertz CT molecular complexity index is 1050. The number of carbonyl (C=O) groups excluding carboxylic acids is 1. The molecule has 156 valence electrons. The maximum absolute atomic E-state index is 13.1. The van der Waals surface area contributed by atoms with Crippen LogP contribution in [0.3, 0.4) is 0 Å². The number of carbonyl (C=O) groups is 1. The zero-order valence-corrected chi connectivity index (χ0v) is 17.0. The largest absolute Gasteiger partial charge is 0.386 e. The van der Waals surface area contributed by atoms with E-state index in [4.69, 9.17) is 0 Å². The van der Waals surface area contributed by atoms with Gasteiger partial charge in [0.2, 0.25) is 5.91 Å². The maximum atomic E-state index is 13.1. The zero-order valence-electron chi connectivity index (χ0n) is 17.0. The molecule has 3 N–H and O–H groups in total. The van der Waals surface area contributed by atoms with Gasteiger partial charge in [-0.05, 0) is 43.7 Å². The lowest BCUT2D eigenvalue weighted by atomic mass is 9.81. The summed E-state index contributed by atoms with van der Waals surface area (Å²) in [4.78, 5) is 31.4. The van der Waals surface area contributed by atoms with Crippen LogP contribution in [0.4, 0.5) is 5.82 Å². The van der Waals surface area contributed by atoms with E-state index in [9.17, 15) is 9.90 Å². The Labute approximate surface area is 174 Å². The molecule has 1 saturated carbocycles. The van der Waals surface area contributed by atoms with Crippen LogP contribution in [0, 0.1) is 11.3 Å². The molecule has 1 aliphatic heterocycles. The first-order valence-corrected chi connectivity index (χ1v) is 10.5. The molecule has 0 bridgehead atoms. The van der Waals surface area contributed by atoms with Crippen molar-refractivity contribution in [2.24, 2.45) is 11.3 Å². The van der Waals surface area contributed by atoms with E-state index in [2.05, 4.69) is 30.2 Å². The molecular weight excluding hydrogens is 380 g/mol. The summed E-state index contributed by atoms with van der Waals surface area (Å²) in [5.74, 6) is 0.935. The van der Waals surface area contributed by atoms with E-state index in [1.807, 2.05) is 25.3 Å². The van der Waals surface area contributed by atoms with Crippen LogP contribution in [-0.2, 0) is 4.79 Å². The van der Waals surface area contributed by atoms with E-state index >= 15 is 0 Å². The molecule has 1 saturated heterocycles. The molecule has 8 heteroatoms. The standard InChI is InChI=1S/C22H26N6O2/c1-14(18(29)15-3-2-8-23-11-15)27-21(30)17-5-10-28(12-22(17)6-7-22)20-16-4-9-24-19(16)25-13-26-20/h2-4,8-9,11,13-14,17-18,29H,5-7,10,12H2,1H3,(H,27,30)(H,24,25,26)/t14?,17-,18?/m1/s1. The number of amides is 1. The van der Waals surface area contributed by atoms with Crippen molar-refractivity contribution >= 4 is 22.8 Å². The van der Waals surface area contributed by atoms with Gasteiger partial charge in [-0.15, -0.1) is 0 Å². The molecule has 1 amide bonds. The minimum Gasteiger partial charge on any atom is -0.386 e. The van der Waals surface area contributed by atoms with Crippen molar-refractivity contribution in [3.05, 3.63) is 48.7 Å². The summed E-state index contributed by atoms with van der Waals surface area (Å²) >= 11 is 0. The number of aromatic nitrogens is 4. The molecule has 2 aliphatic rings. The molecule has 3 atom stereocenters. The molecular formula is C22H26N6O2. The van der Waals surface area contributed by atoms with Gasteiger partial charge in [-0.3, -0.25) is 9.78 Å². The number of aliphatic hydroxyl groups excluding tert-OH is 1. The highest BCUT2D eigenvalue weighted by Gasteiger charge is 2.55. The van der Waals surface area contributed by atoms with Gasteiger partial charge in [0, 0.05) is 43.2 Å². The molecule has 30 heavy (non-hydrogen) atoms. The smallest absolute Gasteiger partial charge is 0.224 e. The number of fused-ring (bicyclic) bond motifs is 1. The number of piperidine rings is 1. The molecule has 2 fully saturated rings. The van der Waals surface area contributed by atoms with Gasteiger partial charge in [0.1, 0.15) is 23.9 Å². The van der Waals surface area contributed by atoms with Crippen molar-refractivity contribution in [2.45, 2.75) is 38.3 Å². The van der Waals surface area contributed by atoms with Gasteiger partial charge < -0.3 is 20.3 Å². The van der Waals surface area contributed by atoms with E-state index in [0.29, 0.717) is 5.56 Å². The summed E-state index contributed by atoms with van der Waals surface area (Å²) in [5, 5.41) is 14.6. The SMILES string of the molecule is CC(NC(=O)[C@H]1CCN(c2ncnc3[nH]ccc23)CC12CC2)C(O)c1cccnc1. The maximum Gasteiger partial charge on any atom is 0.224 e. The minimum atomic E-state index is -0.777. The lowest BCUT2D eigenvalue weighted by Crippen LogP contribution is -2.50. The van der Waals surface area contributed by atoms with Crippen molar-refractivity contribution in [2.75, 3.05) is 18.0 Å². The molecule has 2 unspecified atom stereocenters. The van der Waals surface area contributed by atoms with E-state index in [0.717, 1.165) is 49.2 Å². The van der Waals surface area contributed by atoms with Crippen molar-refractivity contribution in [3.8, 4) is 0 Å². The van der Waals surface area contributed by atoms with Gasteiger partial charge in [0.25, 0.3) is 0 Å². The normalized spacial score (nSPS) is 22.1. The first-order chi connectivity index (χ1) is 14.6. The van der Waals surface area contributed by atoms with Crippen LogP contribution in [-0.4, -0.2) is 50.1 Å². The number of nitrogens with one attached hydrogen (secondary N) is 2. The van der Waals surface area contributed by atoms with E-state index < -0.39 is 6.10 Å². The molecule has 1 aliphatic carbocycles. The Morgan fingerprint density at radius 1 is 1.37 bits per heavy atom. The van der Waals surface area contributed by atoms with Gasteiger partial charge in [-0.25, -0.2) is 9.97 Å². The first kappa shape index (κ1) is 19.0. The predicted octanol–water partition coefficient (Wildman–Crippen LogP) is 2.20. The minimum absolute atomic E-state index is 0.00507. The summed E-state index contributed by atoms with van der Waals surface area (Å²) < 4.78 is 0. The predicted molar refractivity (Wildman–Crippen MR) is 113 cm³/mol. The number of pyridine rings is 1. The number of aromatic amines is 1. The molecule has 0 aromatic carbocycles. The highest BCUT2D eigenvalue weighted by atomic mass is 16.3. The average molecular weight is 406 g/mol. The third-order valence-electron chi connectivity index (χ3n) is 6.64. The summed E-state index contributed by atoms with van der Waals surface area (Å²) in [6.07, 6.45) is 8.86. The third-order valence-corrected chi connectivity index (χ3v) is 6.64. The second kappa shape index (κ2) is 7.36. The summed E-state index contributed by atoms with van der Waals surface area (Å²) in [6, 6.07) is 5.24. The Balaban J connectivity index is 1.28. The number of H-pyrrole nitrogens is 1. The van der Waals surface area contributed by atoms with Crippen LogP contribution in [0.5, 0.6) is 0 Å². The van der Waals surface area contributed by atoms with Crippen LogP contribution in [0.1, 0.15) is 37.9 Å². The molecule has 3 aromatic heterocycles. The molecule has 5 rings (SSSR count). The first-order valence-electron chi connectivity index (χ1n) is 10.5. The van der Waals surface area contributed by atoms with Gasteiger partial charge in [-0.1, -0.05) is 6.07 Å². The molecule has 4 heterocycles. The fourth-order valence-electron chi connectivity index (χ4n) is 4.77. The second-order valence-electron chi connectivity index (χ2n) is 8.59. The number of hydrogen-bond donors (Lipinski definition) is 3. The Kier molecular flexibility index (Phi) is 4.66. The molecule has 3 aromatic rings. The molecule has 1 spiro atoms. The number of nitrogens with zero attached hydrogens (tertiary/aromatic N) is 4. The topological polar surface area (TPSA) is 107 Å². The van der Waals surface area contributed by atoms with Crippen LogP contribution in [0.15, 0.2) is 43.1 Å². The summed E-state index contributed by atoms with van der Waals surface area (Å²) in [7, 11) is 0. The lowest BCUT2D eigenvalue weighted by Gasteiger charge is -2.39. The van der Waals surface area contributed by atoms with Crippen molar-refractivity contribution in [3.63, 3.8) is 0 Å². The van der Waals surface area contributed by atoms with Gasteiger partial charge in [0.15, 0.2) is 0 Å². The van der Waals surface area contributed by atoms with Crippen LogP contribution in [0.25, 0.3) is 11.0 Å². The molecule has 0 radical (unpaired) electrons. The number of aliphatic hydroxyl groups is 1. The van der Waals surface area contributed by atoms with Crippen molar-refractivity contribution in [1.29, 1.82) is 0 Å². The van der Waals surface area contributed by atoms with Gasteiger partial charge in [-0.2, -0.15) is 0 Å². The second-order valence-corrected chi connectivity index (χ2v) is 8.59. The molecule has 8 nitrogen and oxygen atoms in total. The number of rotatable bonds is 5. The average Bonchev–Trinajstić information content (AvgIpc) is 3.34. The summed E-state index contributed by atoms with van der Waals surface area (Å²) in [5.41, 5.74) is 1.54. The Hall–Kier alpha value is -3.00. The Morgan fingerprint density at radius 2 is 2.23 bits per heavy atom. The van der Waals surface area contributed by atoms with Gasteiger partial charge >= 0.3 is 0 Å². The van der Waals surface area contributed by atoms with E-state index in [-0.39, 0.29) is 23.3 Å². The lowest BCUT2D eigenvalue weighted by molar-refractivity contribution is -0.129. The Morgan fingerprint density at radius 3 is 3.00 bits per heavy atom. The number of anilines is 1. The van der Waals surface area contributed by atoms with Crippen molar-refractivity contribution in [1.82, 2.24) is 25.3 Å². The van der Waals surface area contributed by atoms with Crippen LogP contribution in [0.2, 0.25) is 0 Å². The van der Waals surface area contributed by atoms with E-state index in [1.54, 1.807) is 24.8 Å². The summed E-state index contributed by atoms with van der Waals surface area (Å²) in [6.45, 7) is 3.44. The fourth-order valence-corrected chi connectivity index (χ4v) is 4.77. The van der Waals surface area contributed by atoms with Crippen LogP contribution >= 0.6 is 0 Å². The van der Waals surface area contributed by atoms with Gasteiger partial charge in [0.05, 0.1) is 11.4 Å². The highest BCUT2D eigenvalue weighted by molar-refractivity contribution is 5.87. The zero-order chi connectivity index (χ0) is 20.7.